The normalized spacial score (nSPS) is 24.8. The second-order valence-corrected chi connectivity index (χ2v) is 6.56. The van der Waals surface area contributed by atoms with Crippen molar-refractivity contribution in [2.45, 2.75) is 44.8 Å². The highest BCUT2D eigenvalue weighted by Crippen LogP contribution is 2.25. The molecule has 2 fully saturated rings. The fourth-order valence-corrected chi connectivity index (χ4v) is 3.51. The molecule has 0 unspecified atom stereocenters. The van der Waals surface area contributed by atoms with E-state index >= 15 is 0 Å². The fourth-order valence-electron chi connectivity index (χ4n) is 3.51. The quantitative estimate of drug-likeness (QED) is 0.841. The third-order valence-corrected chi connectivity index (χ3v) is 4.73. The molecular formula is C18H23FN2O2. The highest BCUT2D eigenvalue weighted by Gasteiger charge is 2.41. The molecule has 0 saturated carbocycles. The van der Waals surface area contributed by atoms with Gasteiger partial charge in [0.25, 0.3) is 5.91 Å². The second-order valence-electron chi connectivity index (χ2n) is 6.56. The third kappa shape index (κ3) is 3.38. The number of benzene rings is 1. The smallest absolute Gasteiger partial charge is 0.254 e. The number of piperidine rings is 1. The molecule has 0 aliphatic carbocycles. The molecule has 5 heteroatoms. The molecule has 0 bridgehead atoms. The van der Waals surface area contributed by atoms with E-state index in [-0.39, 0.29) is 24.8 Å². The van der Waals surface area contributed by atoms with Gasteiger partial charge in [-0.2, -0.15) is 0 Å². The summed E-state index contributed by atoms with van der Waals surface area (Å²) in [5, 5.41) is 0. The third-order valence-electron chi connectivity index (χ3n) is 4.73. The van der Waals surface area contributed by atoms with E-state index < -0.39 is 12.2 Å². The van der Waals surface area contributed by atoms with E-state index in [4.69, 9.17) is 0 Å². The number of halogens is 1. The molecule has 3 rings (SSSR count). The molecule has 0 N–H and O–H groups in total. The average molecular weight is 318 g/mol. The number of nitrogens with zero attached hydrogens (tertiary/aromatic N) is 2. The maximum Gasteiger partial charge on any atom is 0.254 e. The number of likely N-dealkylation sites (tertiary alicyclic amines) is 2. The minimum absolute atomic E-state index is 0.0109. The van der Waals surface area contributed by atoms with Gasteiger partial charge in [-0.1, -0.05) is 17.7 Å². The molecule has 2 heterocycles. The summed E-state index contributed by atoms with van der Waals surface area (Å²) in [6.07, 6.45) is 2.11. The summed E-state index contributed by atoms with van der Waals surface area (Å²) in [4.78, 5) is 28.7. The molecule has 23 heavy (non-hydrogen) atoms. The van der Waals surface area contributed by atoms with E-state index in [0.717, 1.165) is 37.9 Å². The molecule has 0 radical (unpaired) electrons. The van der Waals surface area contributed by atoms with E-state index in [1.807, 2.05) is 19.1 Å². The minimum Gasteiger partial charge on any atom is -0.341 e. The van der Waals surface area contributed by atoms with Crippen molar-refractivity contribution in [3.8, 4) is 0 Å². The van der Waals surface area contributed by atoms with Crippen LogP contribution in [0, 0.1) is 6.92 Å². The Hall–Kier alpha value is -1.91. The van der Waals surface area contributed by atoms with Gasteiger partial charge in [0.15, 0.2) is 0 Å². The number of amides is 2. The number of carbonyl (C=O) groups is 2. The molecule has 2 aliphatic rings. The highest BCUT2D eigenvalue weighted by molar-refractivity contribution is 5.98. The summed E-state index contributed by atoms with van der Waals surface area (Å²) in [6, 6.07) is 6.58. The number of carbonyl (C=O) groups excluding carboxylic acids is 2. The molecule has 1 aromatic rings. The van der Waals surface area contributed by atoms with Crippen LogP contribution in [0.25, 0.3) is 0 Å². The summed E-state index contributed by atoms with van der Waals surface area (Å²) in [7, 11) is 0. The summed E-state index contributed by atoms with van der Waals surface area (Å²) in [5.74, 6) is -0.338. The SMILES string of the molecule is Cc1cccc(C(=O)N2C[C@@H](F)C[C@H]2C(=O)N2CCCCC2)c1. The van der Waals surface area contributed by atoms with Crippen LogP contribution in [0.5, 0.6) is 0 Å². The van der Waals surface area contributed by atoms with E-state index in [9.17, 15) is 14.0 Å². The second kappa shape index (κ2) is 6.69. The molecule has 2 aliphatic heterocycles. The average Bonchev–Trinajstić information content (AvgIpc) is 2.96. The van der Waals surface area contributed by atoms with Gasteiger partial charge in [-0.05, 0) is 38.3 Å². The van der Waals surface area contributed by atoms with Gasteiger partial charge in [-0.15, -0.1) is 0 Å². The Morgan fingerprint density at radius 2 is 1.91 bits per heavy atom. The topological polar surface area (TPSA) is 40.6 Å². The summed E-state index contributed by atoms with van der Waals surface area (Å²) in [5.41, 5.74) is 1.50. The Bertz CT molecular complexity index is 598. The zero-order chi connectivity index (χ0) is 16.4. The molecular weight excluding hydrogens is 295 g/mol. The first-order valence-electron chi connectivity index (χ1n) is 8.37. The lowest BCUT2D eigenvalue weighted by molar-refractivity contribution is -0.136. The predicted molar refractivity (Wildman–Crippen MR) is 85.9 cm³/mol. The van der Waals surface area contributed by atoms with Crippen molar-refractivity contribution in [1.82, 2.24) is 9.80 Å². The van der Waals surface area contributed by atoms with Gasteiger partial charge in [-0.3, -0.25) is 9.59 Å². The van der Waals surface area contributed by atoms with Crippen LogP contribution >= 0.6 is 0 Å². The van der Waals surface area contributed by atoms with Gasteiger partial charge in [0.1, 0.15) is 12.2 Å². The minimum atomic E-state index is -1.12. The maximum absolute atomic E-state index is 13.9. The van der Waals surface area contributed by atoms with Crippen LogP contribution in [0.15, 0.2) is 24.3 Å². The molecule has 0 spiro atoms. The Morgan fingerprint density at radius 3 is 2.61 bits per heavy atom. The van der Waals surface area contributed by atoms with Crippen molar-refractivity contribution < 1.29 is 14.0 Å². The summed E-state index contributed by atoms with van der Waals surface area (Å²) < 4.78 is 13.9. The molecule has 0 aromatic heterocycles. The summed E-state index contributed by atoms with van der Waals surface area (Å²) in [6.45, 7) is 3.36. The van der Waals surface area contributed by atoms with Gasteiger partial charge in [-0.25, -0.2) is 4.39 Å². The fraction of sp³-hybridized carbons (Fsp3) is 0.556. The van der Waals surface area contributed by atoms with Gasteiger partial charge in [0.2, 0.25) is 5.91 Å². The van der Waals surface area contributed by atoms with Crippen LogP contribution < -0.4 is 0 Å². The number of alkyl halides is 1. The Morgan fingerprint density at radius 1 is 1.17 bits per heavy atom. The lowest BCUT2D eigenvalue weighted by atomic mass is 10.1. The highest BCUT2D eigenvalue weighted by atomic mass is 19.1. The lowest BCUT2D eigenvalue weighted by Crippen LogP contribution is -2.49. The van der Waals surface area contributed by atoms with E-state index in [2.05, 4.69) is 0 Å². The molecule has 124 valence electrons. The van der Waals surface area contributed by atoms with Crippen LogP contribution in [-0.2, 0) is 4.79 Å². The van der Waals surface area contributed by atoms with Gasteiger partial charge < -0.3 is 9.80 Å². The number of aryl methyl sites for hydroxylation is 1. The Kier molecular flexibility index (Phi) is 4.64. The standard InChI is InChI=1S/C18H23FN2O2/c1-13-6-5-7-14(10-13)17(22)21-12-15(19)11-16(21)18(23)20-8-3-2-4-9-20/h5-7,10,15-16H,2-4,8-9,11-12H2,1H3/t15-,16-/m0/s1. The molecule has 2 amide bonds. The van der Waals surface area contributed by atoms with Crippen LogP contribution in [0.2, 0.25) is 0 Å². The van der Waals surface area contributed by atoms with Gasteiger partial charge in [0, 0.05) is 25.1 Å². The van der Waals surface area contributed by atoms with Crippen molar-refractivity contribution in [2.75, 3.05) is 19.6 Å². The van der Waals surface area contributed by atoms with E-state index in [1.54, 1.807) is 17.0 Å². The van der Waals surface area contributed by atoms with Crippen molar-refractivity contribution in [1.29, 1.82) is 0 Å². The number of hydrogen-bond acceptors (Lipinski definition) is 2. The van der Waals surface area contributed by atoms with Crippen molar-refractivity contribution >= 4 is 11.8 Å². The Labute approximate surface area is 136 Å². The van der Waals surface area contributed by atoms with E-state index in [1.165, 1.54) is 4.90 Å². The Balaban J connectivity index is 1.79. The zero-order valence-electron chi connectivity index (χ0n) is 13.5. The first kappa shape index (κ1) is 16.0. The van der Waals surface area contributed by atoms with E-state index in [0.29, 0.717) is 5.56 Å². The lowest BCUT2D eigenvalue weighted by Gasteiger charge is -2.32. The van der Waals surface area contributed by atoms with Gasteiger partial charge in [0.05, 0.1) is 6.54 Å². The van der Waals surface area contributed by atoms with Crippen LogP contribution in [0.1, 0.15) is 41.6 Å². The zero-order valence-corrected chi connectivity index (χ0v) is 13.5. The molecule has 4 nitrogen and oxygen atoms in total. The molecule has 2 saturated heterocycles. The summed E-state index contributed by atoms with van der Waals surface area (Å²) >= 11 is 0. The first-order valence-corrected chi connectivity index (χ1v) is 8.37. The van der Waals surface area contributed by atoms with Crippen LogP contribution in [-0.4, -0.2) is 53.5 Å². The monoisotopic (exact) mass is 318 g/mol. The largest absolute Gasteiger partial charge is 0.341 e. The number of rotatable bonds is 2. The van der Waals surface area contributed by atoms with Crippen molar-refractivity contribution in [2.24, 2.45) is 0 Å². The van der Waals surface area contributed by atoms with Crippen LogP contribution in [0.3, 0.4) is 0 Å². The maximum atomic E-state index is 13.9. The molecule has 1 aromatic carbocycles. The predicted octanol–water partition coefficient (Wildman–Crippen LogP) is 2.56. The van der Waals surface area contributed by atoms with Crippen molar-refractivity contribution in [3.05, 3.63) is 35.4 Å². The van der Waals surface area contributed by atoms with Crippen molar-refractivity contribution in [3.63, 3.8) is 0 Å². The first-order chi connectivity index (χ1) is 11.1. The van der Waals surface area contributed by atoms with Crippen LogP contribution in [0.4, 0.5) is 4.39 Å². The molecule has 2 atom stereocenters. The van der Waals surface area contributed by atoms with Gasteiger partial charge >= 0.3 is 0 Å². The number of hydrogen-bond donors (Lipinski definition) is 0.